The molecule has 20 heavy (non-hydrogen) atoms. The van der Waals surface area contributed by atoms with Crippen LogP contribution >= 0.6 is 11.3 Å². The van der Waals surface area contributed by atoms with Crippen molar-refractivity contribution in [2.75, 3.05) is 13.1 Å². The molecule has 2 nitrogen and oxygen atoms in total. The van der Waals surface area contributed by atoms with Crippen molar-refractivity contribution < 1.29 is 0 Å². The van der Waals surface area contributed by atoms with Crippen molar-refractivity contribution in [3.05, 3.63) is 58.3 Å². The first-order valence-corrected chi connectivity index (χ1v) is 8.35. The van der Waals surface area contributed by atoms with Gasteiger partial charge in [0.2, 0.25) is 0 Å². The maximum absolute atomic E-state index is 3.70. The van der Waals surface area contributed by atoms with Gasteiger partial charge in [-0.05, 0) is 47.3 Å². The van der Waals surface area contributed by atoms with Gasteiger partial charge in [-0.3, -0.25) is 4.90 Å². The highest BCUT2D eigenvalue weighted by atomic mass is 32.1. The first-order chi connectivity index (χ1) is 9.90. The zero-order valence-corrected chi connectivity index (χ0v) is 12.6. The average Bonchev–Trinajstić information content (AvgIpc) is 3.00. The molecule has 1 N–H and O–H groups in total. The summed E-state index contributed by atoms with van der Waals surface area (Å²) in [7, 11) is 0. The van der Waals surface area contributed by atoms with Crippen molar-refractivity contribution in [1.82, 2.24) is 10.2 Å². The van der Waals surface area contributed by atoms with Crippen LogP contribution in [0.25, 0.3) is 0 Å². The fraction of sp³-hybridized carbons (Fsp3) is 0.412. The summed E-state index contributed by atoms with van der Waals surface area (Å²) in [6.07, 6.45) is 2.60. The Morgan fingerprint density at radius 2 is 2.05 bits per heavy atom. The molecule has 2 aromatic rings. The Balaban J connectivity index is 1.49. The van der Waals surface area contributed by atoms with Gasteiger partial charge < -0.3 is 5.32 Å². The van der Waals surface area contributed by atoms with Crippen molar-refractivity contribution in [2.45, 2.75) is 32.0 Å². The lowest BCUT2D eigenvalue weighted by molar-refractivity contribution is 0.183. The van der Waals surface area contributed by atoms with Crippen molar-refractivity contribution in [2.24, 2.45) is 0 Å². The minimum atomic E-state index is 0.632. The Morgan fingerprint density at radius 3 is 2.85 bits per heavy atom. The van der Waals surface area contributed by atoms with Crippen LogP contribution < -0.4 is 5.32 Å². The quantitative estimate of drug-likeness (QED) is 0.905. The van der Waals surface area contributed by atoms with E-state index in [4.69, 9.17) is 0 Å². The van der Waals surface area contributed by atoms with E-state index in [-0.39, 0.29) is 0 Å². The summed E-state index contributed by atoms with van der Waals surface area (Å²) >= 11 is 1.78. The van der Waals surface area contributed by atoms with E-state index in [2.05, 4.69) is 57.4 Å². The summed E-state index contributed by atoms with van der Waals surface area (Å²) in [5, 5.41) is 8.09. The van der Waals surface area contributed by atoms with E-state index in [9.17, 15) is 0 Å². The van der Waals surface area contributed by atoms with Crippen LogP contribution in [0.3, 0.4) is 0 Å². The molecule has 0 saturated carbocycles. The number of rotatable bonds is 5. The topological polar surface area (TPSA) is 15.3 Å². The number of hydrogen-bond acceptors (Lipinski definition) is 3. The van der Waals surface area contributed by atoms with Gasteiger partial charge in [0.1, 0.15) is 0 Å². The minimum absolute atomic E-state index is 0.632. The number of hydrogen-bond donors (Lipinski definition) is 1. The van der Waals surface area contributed by atoms with Gasteiger partial charge >= 0.3 is 0 Å². The third-order valence-electron chi connectivity index (χ3n) is 3.93. The Morgan fingerprint density at radius 1 is 1.15 bits per heavy atom. The number of piperidine rings is 1. The fourth-order valence-corrected chi connectivity index (χ4v) is 3.53. The molecule has 1 aromatic carbocycles. The van der Waals surface area contributed by atoms with Gasteiger partial charge in [-0.1, -0.05) is 30.3 Å². The van der Waals surface area contributed by atoms with E-state index in [0.717, 1.165) is 13.1 Å². The Bertz CT molecular complexity index is 495. The van der Waals surface area contributed by atoms with Gasteiger partial charge in [-0.25, -0.2) is 0 Å². The molecule has 0 bridgehead atoms. The van der Waals surface area contributed by atoms with Crippen molar-refractivity contribution in [1.29, 1.82) is 0 Å². The van der Waals surface area contributed by atoms with E-state index in [0.29, 0.717) is 6.04 Å². The zero-order valence-electron chi connectivity index (χ0n) is 11.8. The van der Waals surface area contributed by atoms with E-state index < -0.39 is 0 Å². The van der Waals surface area contributed by atoms with Gasteiger partial charge in [-0.15, -0.1) is 0 Å². The molecule has 1 aliphatic heterocycles. The molecular weight excluding hydrogens is 264 g/mol. The molecule has 1 aliphatic rings. The van der Waals surface area contributed by atoms with Gasteiger partial charge in [0, 0.05) is 25.7 Å². The molecule has 0 amide bonds. The van der Waals surface area contributed by atoms with Crippen LogP contribution in [0.1, 0.15) is 24.0 Å². The lowest BCUT2D eigenvalue weighted by atomic mass is 10.0. The largest absolute Gasteiger partial charge is 0.309 e. The Labute approximate surface area is 125 Å². The third kappa shape index (κ3) is 3.92. The van der Waals surface area contributed by atoms with Crippen LogP contribution in [-0.2, 0) is 13.1 Å². The molecule has 0 radical (unpaired) electrons. The second-order valence-electron chi connectivity index (χ2n) is 5.57. The standard InChI is InChI=1S/C17H22N2S/c1-2-5-15(6-3-1)12-19-9-4-7-17(13-19)18-11-16-8-10-20-14-16/h1-3,5-6,8,10,14,17-18H,4,7,9,11-13H2. The number of thiophene rings is 1. The second kappa shape index (κ2) is 7.02. The van der Waals surface area contributed by atoms with Crippen LogP contribution in [0.4, 0.5) is 0 Å². The first-order valence-electron chi connectivity index (χ1n) is 7.41. The predicted octanol–water partition coefficient (Wildman–Crippen LogP) is 3.50. The number of benzene rings is 1. The summed E-state index contributed by atoms with van der Waals surface area (Å²) in [5.74, 6) is 0. The Hall–Kier alpha value is -1.16. The molecule has 1 fully saturated rings. The Kier molecular flexibility index (Phi) is 4.85. The summed E-state index contributed by atoms with van der Waals surface area (Å²) < 4.78 is 0. The van der Waals surface area contributed by atoms with Crippen LogP contribution in [0.2, 0.25) is 0 Å². The second-order valence-corrected chi connectivity index (χ2v) is 6.35. The van der Waals surface area contributed by atoms with Crippen LogP contribution in [0.5, 0.6) is 0 Å². The van der Waals surface area contributed by atoms with Crippen LogP contribution in [-0.4, -0.2) is 24.0 Å². The maximum Gasteiger partial charge on any atom is 0.0234 e. The van der Waals surface area contributed by atoms with E-state index in [1.165, 1.54) is 37.1 Å². The van der Waals surface area contributed by atoms with Crippen molar-refractivity contribution in [3.63, 3.8) is 0 Å². The number of nitrogens with one attached hydrogen (secondary N) is 1. The monoisotopic (exact) mass is 286 g/mol. The lowest BCUT2D eigenvalue weighted by Gasteiger charge is -2.33. The van der Waals surface area contributed by atoms with E-state index in [1.54, 1.807) is 11.3 Å². The van der Waals surface area contributed by atoms with Crippen molar-refractivity contribution >= 4 is 11.3 Å². The molecule has 0 spiro atoms. The minimum Gasteiger partial charge on any atom is -0.309 e. The number of likely N-dealkylation sites (tertiary alicyclic amines) is 1. The van der Waals surface area contributed by atoms with Gasteiger partial charge in [0.25, 0.3) is 0 Å². The molecule has 1 atom stereocenters. The molecule has 3 rings (SSSR count). The maximum atomic E-state index is 3.70. The highest BCUT2D eigenvalue weighted by molar-refractivity contribution is 7.07. The normalized spacial score (nSPS) is 20.1. The van der Waals surface area contributed by atoms with Crippen LogP contribution in [0.15, 0.2) is 47.2 Å². The molecule has 1 unspecified atom stereocenters. The fourth-order valence-electron chi connectivity index (χ4n) is 2.86. The first kappa shape index (κ1) is 13.8. The summed E-state index contributed by atoms with van der Waals surface area (Å²) in [6, 6.07) is 13.6. The third-order valence-corrected chi connectivity index (χ3v) is 4.66. The number of nitrogens with zero attached hydrogens (tertiary/aromatic N) is 1. The van der Waals surface area contributed by atoms with Crippen LogP contribution in [0, 0.1) is 0 Å². The molecule has 3 heteroatoms. The molecule has 106 valence electrons. The predicted molar refractivity (Wildman–Crippen MR) is 85.9 cm³/mol. The van der Waals surface area contributed by atoms with Gasteiger partial charge in [0.15, 0.2) is 0 Å². The summed E-state index contributed by atoms with van der Waals surface area (Å²) in [5.41, 5.74) is 2.83. The van der Waals surface area contributed by atoms with Gasteiger partial charge in [0.05, 0.1) is 0 Å². The molecule has 1 saturated heterocycles. The molecule has 1 aromatic heterocycles. The SMILES string of the molecule is c1ccc(CN2CCCC(NCc3ccsc3)C2)cc1. The highest BCUT2D eigenvalue weighted by Gasteiger charge is 2.19. The molecular formula is C17H22N2S. The molecule has 2 heterocycles. The zero-order chi connectivity index (χ0) is 13.6. The van der Waals surface area contributed by atoms with Crippen molar-refractivity contribution in [3.8, 4) is 0 Å². The smallest absolute Gasteiger partial charge is 0.0234 e. The lowest BCUT2D eigenvalue weighted by Crippen LogP contribution is -2.44. The van der Waals surface area contributed by atoms with E-state index in [1.807, 2.05) is 0 Å². The summed E-state index contributed by atoms with van der Waals surface area (Å²) in [6.45, 7) is 4.48. The average molecular weight is 286 g/mol. The summed E-state index contributed by atoms with van der Waals surface area (Å²) in [4.78, 5) is 2.57. The van der Waals surface area contributed by atoms with E-state index >= 15 is 0 Å². The highest BCUT2D eigenvalue weighted by Crippen LogP contribution is 2.14. The molecule has 0 aliphatic carbocycles. The van der Waals surface area contributed by atoms with Gasteiger partial charge in [-0.2, -0.15) is 11.3 Å².